The summed E-state index contributed by atoms with van der Waals surface area (Å²) >= 11 is 0. The van der Waals surface area contributed by atoms with Crippen LogP contribution < -0.4 is 14.4 Å². The van der Waals surface area contributed by atoms with Crippen LogP contribution in [-0.4, -0.2) is 81.6 Å². The van der Waals surface area contributed by atoms with Gasteiger partial charge in [-0.15, -0.1) is 0 Å². The number of carbonyl (C=O) groups is 1. The molecule has 0 radical (unpaired) electrons. The van der Waals surface area contributed by atoms with E-state index in [-0.39, 0.29) is 0 Å². The van der Waals surface area contributed by atoms with Crippen molar-refractivity contribution in [3.8, 4) is 23.0 Å². The molecule has 1 amide bonds. The number of amides is 1. The number of hydrogen-bond acceptors (Lipinski definition) is 7. The highest BCUT2D eigenvalue weighted by Crippen LogP contribution is 2.37. The lowest BCUT2D eigenvalue weighted by Gasteiger charge is -2.34. The van der Waals surface area contributed by atoms with E-state index in [1.165, 1.54) is 10.6 Å². The zero-order valence-electron chi connectivity index (χ0n) is 26.7. The number of fused-ring (bicyclic) bond motifs is 1. The Morgan fingerprint density at radius 3 is 2.26 bits per heavy atom. The molecular weight excluding hydrogens is 592 g/mol. The Labute approximate surface area is 274 Å². The van der Waals surface area contributed by atoms with Crippen molar-refractivity contribution < 1.29 is 19.4 Å². The van der Waals surface area contributed by atoms with Crippen LogP contribution in [0.4, 0.5) is 10.5 Å². The van der Waals surface area contributed by atoms with Crippen molar-refractivity contribution in [2.45, 2.75) is 19.6 Å². The van der Waals surface area contributed by atoms with Gasteiger partial charge in [0.25, 0.3) is 0 Å². The highest BCUT2D eigenvalue weighted by Gasteiger charge is 2.28. The maximum atomic E-state index is 11.3. The lowest BCUT2D eigenvalue weighted by Crippen LogP contribution is -2.49. The van der Waals surface area contributed by atoms with Crippen LogP contribution in [0.25, 0.3) is 22.2 Å². The predicted octanol–water partition coefficient (Wildman–Crippen LogP) is 5.92. The van der Waals surface area contributed by atoms with Crippen LogP contribution in [0.5, 0.6) is 11.8 Å². The second-order valence-electron chi connectivity index (χ2n) is 12.4. The van der Waals surface area contributed by atoms with E-state index < -0.39 is 6.09 Å². The smallest absolute Gasteiger partial charge is 0.407 e. The number of carboxylic acid groups (broad SMARTS) is 1. The topological polar surface area (TPSA) is 96.2 Å². The minimum atomic E-state index is -0.817. The van der Waals surface area contributed by atoms with E-state index in [4.69, 9.17) is 19.6 Å². The quantitative estimate of drug-likeness (QED) is 0.203. The maximum absolute atomic E-state index is 11.3. The number of anilines is 1. The van der Waals surface area contributed by atoms with Crippen molar-refractivity contribution in [2.75, 3.05) is 50.7 Å². The average molecular weight is 633 g/mol. The van der Waals surface area contributed by atoms with E-state index in [0.29, 0.717) is 44.0 Å². The van der Waals surface area contributed by atoms with E-state index in [1.54, 1.807) is 0 Å². The third-order valence-corrected chi connectivity index (χ3v) is 9.18. The number of hydrogen-bond donors (Lipinski definition) is 1. The Balaban J connectivity index is 1.09. The van der Waals surface area contributed by atoms with E-state index in [2.05, 4.69) is 28.0 Å². The summed E-state index contributed by atoms with van der Waals surface area (Å²) in [5, 5.41) is 15.3. The Bertz CT molecular complexity index is 1820. The number of nitrogens with zero attached hydrogens (tertiary/aromatic N) is 6. The van der Waals surface area contributed by atoms with Gasteiger partial charge in [-0.2, -0.15) is 10.1 Å². The molecule has 3 aromatic carbocycles. The van der Waals surface area contributed by atoms with Gasteiger partial charge in [0.15, 0.2) is 0 Å². The van der Waals surface area contributed by atoms with Gasteiger partial charge in [0.05, 0.1) is 11.1 Å². The summed E-state index contributed by atoms with van der Waals surface area (Å²) in [5.41, 5.74) is 5.99. The Kier molecular flexibility index (Phi) is 8.92. The monoisotopic (exact) mass is 632 g/mol. The first-order valence-corrected chi connectivity index (χ1v) is 16.3. The molecule has 1 unspecified atom stereocenters. The second-order valence-corrected chi connectivity index (χ2v) is 12.4. The number of rotatable bonds is 10. The molecule has 10 heteroatoms. The number of benzene rings is 3. The lowest BCUT2D eigenvalue weighted by molar-refractivity contribution is 0.0997. The fourth-order valence-electron chi connectivity index (χ4n) is 6.60. The summed E-state index contributed by atoms with van der Waals surface area (Å²) in [5.74, 6) is 1.53. The molecule has 5 aromatic rings. The van der Waals surface area contributed by atoms with Gasteiger partial charge in [0, 0.05) is 70.0 Å². The second kappa shape index (κ2) is 13.7. The predicted molar refractivity (Wildman–Crippen MR) is 182 cm³/mol. The third kappa shape index (κ3) is 7.02. The van der Waals surface area contributed by atoms with Gasteiger partial charge >= 0.3 is 6.09 Å². The summed E-state index contributed by atoms with van der Waals surface area (Å²) < 4.78 is 14.3. The minimum Gasteiger partial charge on any atom is -0.473 e. The van der Waals surface area contributed by atoms with E-state index in [1.807, 2.05) is 84.5 Å². The summed E-state index contributed by atoms with van der Waals surface area (Å²) in [6.45, 7) is 6.57. The molecule has 2 aromatic heterocycles. The number of ether oxygens (including phenoxy) is 2. The number of piperazine rings is 1. The van der Waals surface area contributed by atoms with Gasteiger partial charge in [-0.25, -0.2) is 4.79 Å². The summed E-state index contributed by atoms with van der Waals surface area (Å²) in [6.07, 6.45) is 0.308. The SMILES string of the molecule is Cn1nc(-c2ccc(OCc3ccccc3)nc2OCc2ccccc2)c2ccc(N3CCC(CN4CCN(C(=O)O)CC4)C3)cc21. The maximum Gasteiger partial charge on any atom is 0.407 e. The molecule has 0 spiro atoms. The highest BCUT2D eigenvalue weighted by atomic mass is 16.5. The van der Waals surface area contributed by atoms with Crippen LogP contribution in [0.1, 0.15) is 17.5 Å². The molecule has 1 N–H and O–H groups in total. The lowest BCUT2D eigenvalue weighted by atomic mass is 10.1. The molecule has 242 valence electrons. The van der Waals surface area contributed by atoms with Gasteiger partial charge < -0.3 is 24.4 Å². The van der Waals surface area contributed by atoms with Crippen molar-refractivity contribution in [3.05, 3.63) is 102 Å². The minimum absolute atomic E-state index is 0.378. The average Bonchev–Trinajstić information content (AvgIpc) is 3.71. The summed E-state index contributed by atoms with van der Waals surface area (Å²) in [6, 6.07) is 30.6. The van der Waals surface area contributed by atoms with Gasteiger partial charge in [-0.3, -0.25) is 9.58 Å². The molecule has 2 fully saturated rings. The fraction of sp³-hybridized carbons (Fsp3) is 0.324. The third-order valence-electron chi connectivity index (χ3n) is 9.18. The highest BCUT2D eigenvalue weighted by molar-refractivity contribution is 5.96. The van der Waals surface area contributed by atoms with Crippen molar-refractivity contribution in [1.29, 1.82) is 0 Å². The van der Waals surface area contributed by atoms with Crippen molar-refractivity contribution >= 4 is 22.7 Å². The Morgan fingerprint density at radius 2 is 1.55 bits per heavy atom. The molecule has 7 rings (SSSR count). The number of pyridine rings is 1. The molecule has 1 atom stereocenters. The van der Waals surface area contributed by atoms with Crippen LogP contribution in [0, 0.1) is 5.92 Å². The van der Waals surface area contributed by atoms with Crippen LogP contribution in [-0.2, 0) is 20.3 Å². The fourth-order valence-corrected chi connectivity index (χ4v) is 6.60. The molecule has 2 aliphatic heterocycles. The van der Waals surface area contributed by atoms with Crippen molar-refractivity contribution in [1.82, 2.24) is 24.6 Å². The first-order chi connectivity index (χ1) is 23.0. The Hall–Kier alpha value is -5.09. The van der Waals surface area contributed by atoms with E-state index in [0.717, 1.165) is 72.4 Å². The first-order valence-electron chi connectivity index (χ1n) is 16.3. The molecule has 2 aliphatic rings. The zero-order valence-corrected chi connectivity index (χ0v) is 26.7. The van der Waals surface area contributed by atoms with Crippen LogP contribution in [0.15, 0.2) is 91.0 Å². The number of aromatic nitrogens is 3. The molecule has 10 nitrogen and oxygen atoms in total. The van der Waals surface area contributed by atoms with Crippen molar-refractivity contribution in [3.63, 3.8) is 0 Å². The van der Waals surface area contributed by atoms with Gasteiger partial charge in [0.1, 0.15) is 18.9 Å². The first kappa shape index (κ1) is 30.6. The van der Waals surface area contributed by atoms with Crippen LogP contribution >= 0.6 is 0 Å². The summed E-state index contributed by atoms with van der Waals surface area (Å²) in [4.78, 5) is 22.5. The molecule has 4 heterocycles. The number of aryl methyl sites for hydroxylation is 1. The molecule has 0 bridgehead atoms. The molecule has 2 saturated heterocycles. The molecular formula is C37H40N6O4. The Morgan fingerprint density at radius 1 is 0.851 bits per heavy atom. The molecule has 47 heavy (non-hydrogen) atoms. The largest absolute Gasteiger partial charge is 0.473 e. The van der Waals surface area contributed by atoms with Gasteiger partial charge in [-0.1, -0.05) is 60.7 Å². The summed E-state index contributed by atoms with van der Waals surface area (Å²) in [7, 11) is 1.98. The zero-order chi connectivity index (χ0) is 32.2. The van der Waals surface area contributed by atoms with Crippen molar-refractivity contribution in [2.24, 2.45) is 13.0 Å². The van der Waals surface area contributed by atoms with Gasteiger partial charge in [0.2, 0.25) is 11.8 Å². The van der Waals surface area contributed by atoms with Crippen LogP contribution in [0.2, 0.25) is 0 Å². The van der Waals surface area contributed by atoms with Crippen LogP contribution in [0.3, 0.4) is 0 Å². The standard InChI is InChI=1S/C37H40N6O4/c1-40-33-22-30(43-17-16-29(24-43)23-41-18-20-42(21-19-41)37(44)45)12-13-31(33)35(39-40)32-14-15-34(46-25-27-8-4-2-5-9-27)38-36(32)47-26-28-10-6-3-7-11-28/h2-15,22,29H,16-21,23-26H2,1H3,(H,44,45). The van der Waals surface area contributed by atoms with E-state index in [9.17, 15) is 9.90 Å². The molecule has 0 saturated carbocycles. The van der Waals surface area contributed by atoms with Gasteiger partial charge in [-0.05, 0) is 47.7 Å². The van der Waals surface area contributed by atoms with E-state index >= 15 is 0 Å². The molecule has 0 aliphatic carbocycles. The normalized spacial score (nSPS) is 16.9.